The second-order valence-corrected chi connectivity index (χ2v) is 5.62. The van der Waals surface area contributed by atoms with Crippen LogP contribution in [-0.2, 0) is 0 Å². The van der Waals surface area contributed by atoms with E-state index in [0.717, 1.165) is 17.5 Å². The van der Waals surface area contributed by atoms with Gasteiger partial charge in [0.25, 0.3) is 0 Å². The lowest BCUT2D eigenvalue weighted by atomic mass is 10.2. The summed E-state index contributed by atoms with van der Waals surface area (Å²) in [6.07, 6.45) is 5.68. The first-order valence-electron chi connectivity index (χ1n) is 5.91. The van der Waals surface area contributed by atoms with E-state index in [1.807, 2.05) is 0 Å². The second-order valence-electron chi connectivity index (χ2n) is 4.55. The smallest absolute Gasteiger partial charge is 0.0898 e. The van der Waals surface area contributed by atoms with Crippen LogP contribution >= 0.6 is 11.3 Å². The molecule has 3 heteroatoms. The third-order valence-corrected chi connectivity index (χ3v) is 3.81. The van der Waals surface area contributed by atoms with Crippen molar-refractivity contribution in [2.45, 2.75) is 45.6 Å². The van der Waals surface area contributed by atoms with E-state index in [4.69, 9.17) is 0 Å². The molecule has 1 atom stereocenters. The number of thiazole rings is 1. The third-order valence-electron chi connectivity index (χ3n) is 3.02. The Morgan fingerprint density at radius 1 is 1.60 bits per heavy atom. The molecular weight excluding hydrogens is 204 g/mol. The average Bonchev–Trinajstić information content (AvgIpc) is 2.94. The quantitative estimate of drug-likeness (QED) is 0.750. The predicted molar refractivity (Wildman–Crippen MR) is 65.2 cm³/mol. The molecule has 0 saturated heterocycles. The van der Waals surface area contributed by atoms with Crippen molar-refractivity contribution in [1.29, 1.82) is 0 Å². The zero-order chi connectivity index (χ0) is 10.7. The second kappa shape index (κ2) is 5.08. The van der Waals surface area contributed by atoms with Crippen LogP contribution < -0.4 is 5.32 Å². The number of hydrogen-bond acceptors (Lipinski definition) is 3. The van der Waals surface area contributed by atoms with Crippen molar-refractivity contribution >= 4 is 11.3 Å². The Bertz CT molecular complexity index is 304. The molecule has 1 N–H and O–H groups in total. The summed E-state index contributed by atoms with van der Waals surface area (Å²) in [4.78, 5) is 4.49. The fourth-order valence-corrected chi connectivity index (χ4v) is 2.51. The summed E-state index contributed by atoms with van der Waals surface area (Å²) in [6, 6.07) is 0.411. The van der Waals surface area contributed by atoms with Gasteiger partial charge in [-0.05, 0) is 39.2 Å². The first-order valence-corrected chi connectivity index (χ1v) is 6.79. The highest BCUT2D eigenvalue weighted by atomic mass is 32.1. The van der Waals surface area contributed by atoms with Crippen LogP contribution in [0.5, 0.6) is 0 Å². The van der Waals surface area contributed by atoms with Crippen LogP contribution in [-0.4, -0.2) is 11.5 Å². The van der Waals surface area contributed by atoms with Crippen LogP contribution in [0.15, 0.2) is 5.38 Å². The lowest BCUT2D eigenvalue weighted by Crippen LogP contribution is -2.20. The third kappa shape index (κ3) is 3.58. The summed E-state index contributed by atoms with van der Waals surface area (Å²) in [6.45, 7) is 5.40. The first kappa shape index (κ1) is 11.1. The van der Waals surface area contributed by atoms with Crippen LogP contribution in [0, 0.1) is 12.8 Å². The minimum absolute atomic E-state index is 0.411. The van der Waals surface area contributed by atoms with Gasteiger partial charge in [0.15, 0.2) is 0 Å². The van der Waals surface area contributed by atoms with Crippen LogP contribution in [0.3, 0.4) is 0 Å². The summed E-state index contributed by atoms with van der Waals surface area (Å²) < 4.78 is 0. The van der Waals surface area contributed by atoms with E-state index < -0.39 is 0 Å². The summed E-state index contributed by atoms with van der Waals surface area (Å²) in [5.74, 6) is 1.06. The molecule has 1 aliphatic rings. The van der Waals surface area contributed by atoms with Gasteiger partial charge in [0.1, 0.15) is 0 Å². The molecule has 0 amide bonds. The van der Waals surface area contributed by atoms with Gasteiger partial charge in [-0.3, -0.25) is 0 Å². The molecule has 15 heavy (non-hydrogen) atoms. The van der Waals surface area contributed by atoms with Crippen molar-refractivity contribution < 1.29 is 0 Å². The van der Waals surface area contributed by atoms with Crippen molar-refractivity contribution in [2.24, 2.45) is 5.92 Å². The topological polar surface area (TPSA) is 24.9 Å². The van der Waals surface area contributed by atoms with Gasteiger partial charge >= 0.3 is 0 Å². The van der Waals surface area contributed by atoms with Gasteiger partial charge in [-0.25, -0.2) is 4.98 Å². The van der Waals surface area contributed by atoms with Gasteiger partial charge in [0.05, 0.1) is 10.7 Å². The van der Waals surface area contributed by atoms with Crippen LogP contribution in [0.4, 0.5) is 0 Å². The maximum Gasteiger partial charge on any atom is 0.0898 e. The fraction of sp³-hybridized carbons (Fsp3) is 0.750. The number of nitrogens with one attached hydrogen (secondary N) is 1. The minimum Gasteiger partial charge on any atom is -0.309 e. The molecule has 1 aliphatic carbocycles. The van der Waals surface area contributed by atoms with Gasteiger partial charge in [-0.15, -0.1) is 11.3 Å². The minimum atomic E-state index is 0.411. The molecule has 1 fully saturated rings. The Morgan fingerprint density at radius 3 is 3.00 bits per heavy atom. The van der Waals surface area contributed by atoms with E-state index in [0.29, 0.717) is 6.04 Å². The molecule has 2 rings (SSSR count). The standard InChI is InChI=1S/C12H20N2S/c1-9(12-8-15-10(2)14-12)13-7-3-4-11-5-6-11/h8-9,11,13H,3-7H2,1-2H3. The summed E-state index contributed by atoms with van der Waals surface area (Å²) in [5.41, 5.74) is 1.20. The molecule has 0 aliphatic heterocycles. The van der Waals surface area contributed by atoms with Crippen LogP contribution in [0.25, 0.3) is 0 Å². The Labute approximate surface area is 96.1 Å². The van der Waals surface area contributed by atoms with E-state index >= 15 is 0 Å². The summed E-state index contributed by atoms with van der Waals surface area (Å²) in [5, 5.41) is 6.86. The van der Waals surface area contributed by atoms with Crippen molar-refractivity contribution in [2.75, 3.05) is 6.54 Å². The molecule has 0 aromatic carbocycles. The highest BCUT2D eigenvalue weighted by molar-refractivity contribution is 7.09. The number of hydrogen-bond donors (Lipinski definition) is 1. The zero-order valence-electron chi connectivity index (χ0n) is 9.62. The summed E-state index contributed by atoms with van der Waals surface area (Å²) in [7, 11) is 0. The van der Waals surface area contributed by atoms with Crippen molar-refractivity contribution in [3.8, 4) is 0 Å². The van der Waals surface area contributed by atoms with Crippen LogP contribution in [0.2, 0.25) is 0 Å². The maximum atomic E-state index is 4.49. The molecule has 0 radical (unpaired) electrons. The monoisotopic (exact) mass is 224 g/mol. The Balaban J connectivity index is 1.64. The number of nitrogens with zero attached hydrogens (tertiary/aromatic N) is 1. The number of rotatable bonds is 6. The molecule has 1 unspecified atom stereocenters. The predicted octanol–water partition coefficient (Wildman–Crippen LogP) is 3.29. The average molecular weight is 224 g/mol. The molecule has 1 aromatic heterocycles. The van der Waals surface area contributed by atoms with Gasteiger partial charge in [-0.2, -0.15) is 0 Å². The zero-order valence-corrected chi connectivity index (χ0v) is 10.4. The fourth-order valence-electron chi connectivity index (χ4n) is 1.80. The lowest BCUT2D eigenvalue weighted by molar-refractivity contribution is 0.526. The van der Waals surface area contributed by atoms with E-state index in [1.54, 1.807) is 11.3 Å². The van der Waals surface area contributed by atoms with E-state index in [9.17, 15) is 0 Å². The number of aryl methyl sites for hydroxylation is 1. The molecule has 84 valence electrons. The summed E-state index contributed by atoms with van der Waals surface area (Å²) >= 11 is 1.74. The van der Waals surface area contributed by atoms with Crippen LogP contribution in [0.1, 0.15) is 49.4 Å². The van der Waals surface area contributed by atoms with Crippen molar-refractivity contribution in [1.82, 2.24) is 10.3 Å². The molecule has 0 bridgehead atoms. The highest BCUT2D eigenvalue weighted by Crippen LogP contribution is 2.33. The van der Waals surface area contributed by atoms with Gasteiger partial charge in [-0.1, -0.05) is 12.8 Å². The van der Waals surface area contributed by atoms with Crippen molar-refractivity contribution in [3.05, 3.63) is 16.1 Å². The maximum absolute atomic E-state index is 4.49. The molecule has 2 nitrogen and oxygen atoms in total. The normalized spacial score (nSPS) is 18.0. The van der Waals surface area contributed by atoms with E-state index in [-0.39, 0.29) is 0 Å². The molecular formula is C12H20N2S. The molecule has 1 saturated carbocycles. The van der Waals surface area contributed by atoms with E-state index in [2.05, 4.69) is 29.5 Å². The Hall–Kier alpha value is -0.410. The van der Waals surface area contributed by atoms with Gasteiger partial charge < -0.3 is 5.32 Å². The van der Waals surface area contributed by atoms with Gasteiger partial charge in [0, 0.05) is 11.4 Å². The molecule has 1 aromatic rings. The Morgan fingerprint density at radius 2 is 2.40 bits per heavy atom. The van der Waals surface area contributed by atoms with Gasteiger partial charge in [0.2, 0.25) is 0 Å². The van der Waals surface area contributed by atoms with E-state index in [1.165, 1.54) is 31.4 Å². The lowest BCUT2D eigenvalue weighted by Gasteiger charge is -2.10. The SMILES string of the molecule is Cc1nc(C(C)NCCCC2CC2)cs1. The Kier molecular flexibility index (Phi) is 3.76. The highest BCUT2D eigenvalue weighted by Gasteiger charge is 2.20. The first-order chi connectivity index (χ1) is 7.25. The number of aromatic nitrogens is 1. The molecule has 1 heterocycles. The largest absolute Gasteiger partial charge is 0.309 e. The van der Waals surface area contributed by atoms with Crippen molar-refractivity contribution in [3.63, 3.8) is 0 Å². The molecule has 0 spiro atoms.